The van der Waals surface area contributed by atoms with Crippen LogP contribution in [0.4, 0.5) is 0 Å². The zero-order valence-corrected chi connectivity index (χ0v) is 7.60. The molecule has 1 aliphatic heterocycles. The van der Waals surface area contributed by atoms with Gasteiger partial charge < -0.3 is 5.32 Å². The quantitative estimate of drug-likeness (QED) is 0.614. The topological polar surface area (TPSA) is 44.4 Å². The molecule has 0 unspecified atom stereocenters. The van der Waals surface area contributed by atoms with Gasteiger partial charge in [-0.05, 0) is 19.8 Å². The molecule has 0 saturated carbocycles. The fourth-order valence-electron chi connectivity index (χ4n) is 1.31. The Labute approximate surface area is 73.3 Å². The molecule has 1 saturated heterocycles. The Morgan fingerprint density at radius 2 is 2.42 bits per heavy atom. The first kappa shape index (κ1) is 9.48. The highest BCUT2D eigenvalue weighted by Gasteiger charge is 2.11. The molecule has 0 bridgehead atoms. The van der Waals surface area contributed by atoms with E-state index in [2.05, 4.69) is 10.7 Å². The fourth-order valence-corrected chi connectivity index (χ4v) is 1.31. The number of likely N-dealkylation sites (N-methyl/N-ethyl adjacent to an activating group) is 1. The molecule has 1 aliphatic rings. The van der Waals surface area contributed by atoms with Crippen LogP contribution in [0.15, 0.2) is 0 Å². The Bertz CT molecular complexity index is 143. The first-order chi connectivity index (χ1) is 5.83. The number of nitrogens with zero attached hydrogens (tertiary/aromatic N) is 1. The van der Waals surface area contributed by atoms with E-state index in [9.17, 15) is 4.79 Å². The van der Waals surface area contributed by atoms with Crippen molar-refractivity contribution in [2.45, 2.75) is 19.8 Å². The monoisotopic (exact) mass is 171 g/mol. The van der Waals surface area contributed by atoms with Crippen molar-refractivity contribution in [1.82, 2.24) is 15.8 Å². The number of nitrogens with one attached hydrogen (secondary N) is 2. The molecule has 0 atom stereocenters. The molecule has 12 heavy (non-hydrogen) atoms. The largest absolute Gasteiger partial charge is 0.355 e. The van der Waals surface area contributed by atoms with Crippen LogP contribution in [-0.4, -0.2) is 37.1 Å². The normalized spacial score (nSPS) is 19.1. The molecular formula is C8H17N3O. The molecule has 0 spiro atoms. The summed E-state index contributed by atoms with van der Waals surface area (Å²) in [7, 11) is 0. The predicted molar refractivity (Wildman–Crippen MR) is 47.5 cm³/mol. The molecule has 1 rings (SSSR count). The van der Waals surface area contributed by atoms with E-state index in [1.165, 1.54) is 12.8 Å². The number of hydrazine groups is 1. The molecule has 4 heteroatoms. The van der Waals surface area contributed by atoms with Crippen molar-refractivity contribution in [3.05, 3.63) is 0 Å². The molecule has 0 aromatic heterocycles. The minimum absolute atomic E-state index is 0.104. The van der Waals surface area contributed by atoms with Gasteiger partial charge in [0.05, 0.1) is 6.54 Å². The average molecular weight is 171 g/mol. The molecule has 70 valence electrons. The second-order valence-electron chi connectivity index (χ2n) is 2.99. The lowest BCUT2D eigenvalue weighted by Crippen LogP contribution is -2.48. The van der Waals surface area contributed by atoms with Crippen LogP contribution in [-0.2, 0) is 4.79 Å². The summed E-state index contributed by atoms with van der Waals surface area (Å²) in [6.07, 6.45) is 2.40. The summed E-state index contributed by atoms with van der Waals surface area (Å²) in [4.78, 5) is 11.1. The van der Waals surface area contributed by atoms with Gasteiger partial charge in [0.1, 0.15) is 0 Å². The van der Waals surface area contributed by atoms with Crippen molar-refractivity contribution < 1.29 is 4.79 Å². The van der Waals surface area contributed by atoms with E-state index in [1.54, 1.807) is 0 Å². The standard InChI is InChI=1S/C8H17N3O/c1-2-9-8(12)7-11-6-4-3-5-10-11/h10H,2-7H2,1H3,(H,9,12). The molecule has 1 amide bonds. The van der Waals surface area contributed by atoms with Gasteiger partial charge in [-0.2, -0.15) is 0 Å². The van der Waals surface area contributed by atoms with E-state index in [0.29, 0.717) is 13.1 Å². The van der Waals surface area contributed by atoms with Crippen molar-refractivity contribution in [2.75, 3.05) is 26.2 Å². The smallest absolute Gasteiger partial charge is 0.235 e. The van der Waals surface area contributed by atoms with Crippen LogP contribution in [0.3, 0.4) is 0 Å². The number of amides is 1. The van der Waals surface area contributed by atoms with Gasteiger partial charge in [0.2, 0.25) is 5.91 Å². The molecule has 1 fully saturated rings. The minimum atomic E-state index is 0.104. The molecule has 4 nitrogen and oxygen atoms in total. The maximum absolute atomic E-state index is 11.1. The summed E-state index contributed by atoms with van der Waals surface area (Å²) >= 11 is 0. The summed E-state index contributed by atoms with van der Waals surface area (Å²) in [6, 6.07) is 0. The Balaban J connectivity index is 2.15. The summed E-state index contributed by atoms with van der Waals surface area (Å²) in [6.45, 7) is 5.11. The molecule has 0 radical (unpaired) electrons. The summed E-state index contributed by atoms with van der Waals surface area (Å²) in [5, 5.41) is 4.75. The number of rotatable bonds is 3. The second-order valence-corrected chi connectivity index (χ2v) is 2.99. The van der Waals surface area contributed by atoms with Crippen molar-refractivity contribution in [3.63, 3.8) is 0 Å². The molecule has 1 heterocycles. The highest BCUT2D eigenvalue weighted by molar-refractivity contribution is 5.77. The van der Waals surface area contributed by atoms with Crippen LogP contribution < -0.4 is 10.7 Å². The van der Waals surface area contributed by atoms with Crippen molar-refractivity contribution in [1.29, 1.82) is 0 Å². The van der Waals surface area contributed by atoms with Gasteiger partial charge >= 0.3 is 0 Å². The Kier molecular flexibility index (Phi) is 4.04. The first-order valence-electron chi connectivity index (χ1n) is 4.58. The van der Waals surface area contributed by atoms with Crippen LogP contribution in [0.2, 0.25) is 0 Å². The van der Waals surface area contributed by atoms with E-state index in [1.807, 2.05) is 11.9 Å². The lowest BCUT2D eigenvalue weighted by molar-refractivity contribution is -0.123. The van der Waals surface area contributed by atoms with Crippen LogP contribution in [0.25, 0.3) is 0 Å². The fraction of sp³-hybridized carbons (Fsp3) is 0.875. The van der Waals surface area contributed by atoms with E-state index >= 15 is 0 Å². The second kappa shape index (κ2) is 5.11. The summed E-state index contributed by atoms with van der Waals surface area (Å²) in [5.74, 6) is 0.104. The number of carbonyl (C=O) groups is 1. The van der Waals surface area contributed by atoms with Crippen molar-refractivity contribution >= 4 is 5.91 Å². The third kappa shape index (κ3) is 3.19. The zero-order chi connectivity index (χ0) is 8.81. The molecular weight excluding hydrogens is 154 g/mol. The maximum Gasteiger partial charge on any atom is 0.235 e. The maximum atomic E-state index is 11.1. The number of hydrogen-bond donors (Lipinski definition) is 2. The average Bonchev–Trinajstić information content (AvgIpc) is 2.06. The van der Waals surface area contributed by atoms with Crippen LogP contribution in [0.5, 0.6) is 0 Å². The van der Waals surface area contributed by atoms with Crippen molar-refractivity contribution in [2.24, 2.45) is 0 Å². The van der Waals surface area contributed by atoms with Crippen LogP contribution in [0, 0.1) is 0 Å². The lowest BCUT2D eigenvalue weighted by Gasteiger charge is -2.26. The Morgan fingerprint density at radius 3 is 3.00 bits per heavy atom. The van der Waals surface area contributed by atoms with E-state index < -0.39 is 0 Å². The predicted octanol–water partition coefficient (Wildman–Crippen LogP) is -0.277. The SMILES string of the molecule is CCNC(=O)CN1CCCCN1. The van der Waals surface area contributed by atoms with Gasteiger partial charge in [-0.3, -0.25) is 10.2 Å². The summed E-state index contributed by atoms with van der Waals surface area (Å²) < 4.78 is 0. The third-order valence-electron chi connectivity index (χ3n) is 1.90. The number of hydrogen-bond acceptors (Lipinski definition) is 3. The van der Waals surface area contributed by atoms with Gasteiger partial charge in [-0.15, -0.1) is 0 Å². The van der Waals surface area contributed by atoms with Gasteiger partial charge in [0.25, 0.3) is 0 Å². The van der Waals surface area contributed by atoms with E-state index in [0.717, 1.165) is 13.1 Å². The van der Waals surface area contributed by atoms with Crippen LogP contribution >= 0.6 is 0 Å². The molecule has 0 aliphatic carbocycles. The third-order valence-corrected chi connectivity index (χ3v) is 1.90. The highest BCUT2D eigenvalue weighted by Crippen LogP contribution is 1.97. The minimum Gasteiger partial charge on any atom is -0.355 e. The molecule has 0 aromatic carbocycles. The Hall–Kier alpha value is -0.610. The first-order valence-corrected chi connectivity index (χ1v) is 4.58. The van der Waals surface area contributed by atoms with E-state index in [4.69, 9.17) is 0 Å². The Morgan fingerprint density at radius 1 is 1.58 bits per heavy atom. The van der Waals surface area contributed by atoms with Crippen LogP contribution in [0.1, 0.15) is 19.8 Å². The van der Waals surface area contributed by atoms with Gasteiger partial charge in [0, 0.05) is 19.6 Å². The van der Waals surface area contributed by atoms with Gasteiger partial charge in [-0.1, -0.05) is 0 Å². The lowest BCUT2D eigenvalue weighted by atomic mass is 10.2. The van der Waals surface area contributed by atoms with Gasteiger partial charge in [0.15, 0.2) is 0 Å². The molecule has 2 N–H and O–H groups in total. The number of carbonyl (C=O) groups excluding carboxylic acids is 1. The highest BCUT2D eigenvalue weighted by atomic mass is 16.2. The summed E-state index contributed by atoms with van der Waals surface area (Å²) in [5.41, 5.74) is 3.18. The van der Waals surface area contributed by atoms with Gasteiger partial charge in [-0.25, -0.2) is 5.01 Å². The van der Waals surface area contributed by atoms with E-state index in [-0.39, 0.29) is 5.91 Å². The molecule has 0 aromatic rings. The zero-order valence-electron chi connectivity index (χ0n) is 7.60. The van der Waals surface area contributed by atoms with Crippen molar-refractivity contribution in [3.8, 4) is 0 Å².